The van der Waals surface area contributed by atoms with Gasteiger partial charge in [0, 0.05) is 0 Å². The van der Waals surface area contributed by atoms with Crippen LogP contribution in [0.3, 0.4) is 0 Å². The van der Waals surface area contributed by atoms with Crippen molar-refractivity contribution in [3.05, 3.63) is 34.1 Å². The molecule has 0 spiro atoms. The molecule has 0 saturated carbocycles. The van der Waals surface area contributed by atoms with E-state index < -0.39 is 17.3 Å². The Kier molecular flexibility index (Phi) is 3.20. The van der Waals surface area contributed by atoms with Crippen molar-refractivity contribution >= 4 is 21.9 Å². The Bertz CT molecular complexity index is 671. The van der Waals surface area contributed by atoms with Crippen LogP contribution in [0.1, 0.15) is 11.1 Å². The van der Waals surface area contributed by atoms with Crippen molar-refractivity contribution in [2.24, 2.45) is 0 Å². The minimum Gasteiger partial charge on any atom is -0.366 e. The van der Waals surface area contributed by atoms with Crippen molar-refractivity contribution in [2.75, 3.05) is 5.73 Å². The summed E-state index contributed by atoms with van der Waals surface area (Å²) in [4.78, 5) is 3.72. The Hall–Kier alpha value is -2.08. The Balaban J connectivity index is 2.62. The number of hydrogen-bond acceptors (Lipinski definition) is 4. The molecule has 0 aliphatic carbocycles. The highest BCUT2D eigenvalue weighted by molar-refractivity contribution is 9.10. The zero-order valence-corrected chi connectivity index (χ0v) is 10.7. The van der Waals surface area contributed by atoms with Crippen molar-refractivity contribution in [3.8, 4) is 11.8 Å². The van der Waals surface area contributed by atoms with E-state index in [0.717, 1.165) is 16.8 Å². The number of anilines is 1. The molecular formula is C10H5BrF3N5. The largest absolute Gasteiger partial charge is 0.417 e. The first-order chi connectivity index (χ1) is 8.82. The number of benzene rings is 1. The third-order valence-corrected chi connectivity index (χ3v) is 2.77. The number of aromatic nitrogens is 3. The molecular weight excluding hydrogens is 327 g/mol. The number of nitrogens with zero attached hydrogens (tertiary/aromatic N) is 4. The predicted molar refractivity (Wildman–Crippen MR) is 63.2 cm³/mol. The molecule has 5 nitrogen and oxygen atoms in total. The normalized spacial score (nSPS) is 11.3. The molecule has 0 aliphatic heterocycles. The van der Waals surface area contributed by atoms with Crippen LogP contribution in [-0.4, -0.2) is 14.8 Å². The molecule has 9 heteroatoms. The molecule has 2 rings (SSSR count). The van der Waals surface area contributed by atoms with Crippen LogP contribution in [0, 0.1) is 11.3 Å². The van der Waals surface area contributed by atoms with Crippen LogP contribution < -0.4 is 5.73 Å². The molecule has 0 atom stereocenters. The minimum atomic E-state index is -4.63. The van der Waals surface area contributed by atoms with E-state index in [1.165, 1.54) is 12.1 Å². The van der Waals surface area contributed by atoms with Gasteiger partial charge >= 0.3 is 6.18 Å². The molecule has 98 valence electrons. The maximum atomic E-state index is 12.8. The lowest BCUT2D eigenvalue weighted by Crippen LogP contribution is -2.09. The van der Waals surface area contributed by atoms with Crippen molar-refractivity contribution in [1.29, 1.82) is 5.26 Å². The summed E-state index contributed by atoms with van der Waals surface area (Å²) in [5, 5.41) is 12.4. The van der Waals surface area contributed by atoms with Crippen LogP contribution in [0.25, 0.3) is 5.69 Å². The van der Waals surface area contributed by atoms with Gasteiger partial charge in [0.15, 0.2) is 0 Å². The summed E-state index contributed by atoms with van der Waals surface area (Å²) in [6, 6.07) is 4.71. The second-order valence-electron chi connectivity index (χ2n) is 3.49. The molecule has 0 saturated heterocycles. The zero-order chi connectivity index (χ0) is 14.2. The van der Waals surface area contributed by atoms with Gasteiger partial charge in [-0.05, 0) is 34.1 Å². The van der Waals surface area contributed by atoms with Crippen LogP contribution in [0.4, 0.5) is 19.1 Å². The van der Waals surface area contributed by atoms with E-state index in [1.807, 2.05) is 0 Å². The summed E-state index contributed by atoms with van der Waals surface area (Å²) >= 11 is 3.03. The lowest BCUT2D eigenvalue weighted by molar-refractivity contribution is -0.137. The first-order valence-corrected chi connectivity index (χ1v) is 5.62. The summed E-state index contributed by atoms with van der Waals surface area (Å²) in [5.41, 5.74) is 3.96. The zero-order valence-electron chi connectivity index (χ0n) is 9.11. The van der Waals surface area contributed by atoms with Crippen molar-refractivity contribution in [1.82, 2.24) is 14.8 Å². The fourth-order valence-electron chi connectivity index (χ4n) is 1.47. The highest BCUT2D eigenvalue weighted by Gasteiger charge is 2.34. The van der Waals surface area contributed by atoms with E-state index in [0.29, 0.717) is 0 Å². The van der Waals surface area contributed by atoms with E-state index in [9.17, 15) is 13.2 Å². The molecule has 1 heterocycles. The fourth-order valence-corrected chi connectivity index (χ4v) is 1.93. The van der Waals surface area contributed by atoms with Crippen LogP contribution in [0.5, 0.6) is 0 Å². The number of nitrogens with two attached hydrogens (primary N) is 1. The van der Waals surface area contributed by atoms with E-state index in [2.05, 4.69) is 26.0 Å². The molecule has 2 N–H and O–H groups in total. The Morgan fingerprint density at radius 1 is 1.37 bits per heavy atom. The van der Waals surface area contributed by atoms with Gasteiger partial charge in [0.25, 0.3) is 0 Å². The van der Waals surface area contributed by atoms with Gasteiger partial charge in [0.1, 0.15) is 0 Å². The molecule has 0 fully saturated rings. The van der Waals surface area contributed by atoms with E-state index in [-0.39, 0.29) is 16.4 Å². The van der Waals surface area contributed by atoms with Gasteiger partial charge in [0.2, 0.25) is 10.7 Å². The van der Waals surface area contributed by atoms with Gasteiger partial charge in [-0.1, -0.05) is 0 Å². The summed E-state index contributed by atoms with van der Waals surface area (Å²) in [6.45, 7) is 0. The second-order valence-corrected chi connectivity index (χ2v) is 4.20. The van der Waals surface area contributed by atoms with Crippen molar-refractivity contribution in [2.45, 2.75) is 6.18 Å². The first kappa shape index (κ1) is 13.4. The maximum Gasteiger partial charge on any atom is 0.417 e. The molecule has 0 bridgehead atoms. The SMILES string of the molecule is N#Cc1ccc(-n2nc(N)nc2Br)cc1C(F)(F)F. The number of nitriles is 1. The molecule has 0 unspecified atom stereocenters. The average molecular weight is 332 g/mol. The number of nitrogen functional groups attached to an aromatic ring is 1. The third-order valence-electron chi connectivity index (χ3n) is 2.26. The van der Waals surface area contributed by atoms with Gasteiger partial charge in [-0.3, -0.25) is 0 Å². The smallest absolute Gasteiger partial charge is 0.366 e. The Morgan fingerprint density at radius 2 is 2.05 bits per heavy atom. The maximum absolute atomic E-state index is 12.8. The summed E-state index contributed by atoms with van der Waals surface area (Å²) in [7, 11) is 0. The van der Waals surface area contributed by atoms with Gasteiger partial charge in [-0.15, -0.1) is 5.10 Å². The number of hydrogen-bond donors (Lipinski definition) is 1. The van der Waals surface area contributed by atoms with E-state index >= 15 is 0 Å². The predicted octanol–water partition coefficient (Wildman–Crippen LogP) is 2.50. The monoisotopic (exact) mass is 331 g/mol. The summed E-state index contributed by atoms with van der Waals surface area (Å²) < 4.78 is 39.7. The Morgan fingerprint density at radius 3 is 2.53 bits per heavy atom. The minimum absolute atomic E-state index is 0.0789. The second kappa shape index (κ2) is 4.55. The highest BCUT2D eigenvalue weighted by Crippen LogP contribution is 2.33. The molecule has 0 amide bonds. The Labute approximate surface area is 113 Å². The van der Waals surface area contributed by atoms with E-state index in [1.54, 1.807) is 0 Å². The van der Waals surface area contributed by atoms with Gasteiger partial charge < -0.3 is 5.73 Å². The number of rotatable bonds is 1. The number of alkyl halides is 3. The van der Waals surface area contributed by atoms with E-state index in [4.69, 9.17) is 11.0 Å². The lowest BCUT2D eigenvalue weighted by atomic mass is 10.1. The van der Waals surface area contributed by atoms with Crippen molar-refractivity contribution in [3.63, 3.8) is 0 Å². The standard InChI is InChI=1S/C10H5BrF3N5/c11-8-17-9(16)18-19(8)6-2-1-5(4-15)7(3-6)10(12,13)14/h1-3H,(H2,16,18). The van der Waals surface area contributed by atoms with Gasteiger partial charge in [0.05, 0.1) is 22.9 Å². The molecule has 1 aromatic carbocycles. The molecule has 19 heavy (non-hydrogen) atoms. The van der Waals surface area contributed by atoms with Crippen LogP contribution in [-0.2, 0) is 6.18 Å². The quantitative estimate of drug-likeness (QED) is 0.870. The van der Waals surface area contributed by atoms with Crippen molar-refractivity contribution < 1.29 is 13.2 Å². The van der Waals surface area contributed by atoms with Gasteiger partial charge in [-0.2, -0.15) is 23.4 Å². The average Bonchev–Trinajstić information content (AvgIpc) is 2.66. The number of halogens is 4. The highest BCUT2D eigenvalue weighted by atomic mass is 79.9. The van der Waals surface area contributed by atoms with Gasteiger partial charge in [-0.25, -0.2) is 4.68 Å². The fraction of sp³-hybridized carbons (Fsp3) is 0.100. The molecule has 2 aromatic rings. The van der Waals surface area contributed by atoms with Crippen LogP contribution >= 0.6 is 15.9 Å². The molecule has 0 radical (unpaired) electrons. The molecule has 1 aromatic heterocycles. The lowest BCUT2D eigenvalue weighted by Gasteiger charge is -2.10. The first-order valence-electron chi connectivity index (χ1n) is 4.82. The summed E-state index contributed by atoms with van der Waals surface area (Å²) in [6.07, 6.45) is -4.63. The molecule has 0 aliphatic rings. The summed E-state index contributed by atoms with van der Waals surface area (Å²) in [5.74, 6) is -0.0789. The topological polar surface area (TPSA) is 80.5 Å². The van der Waals surface area contributed by atoms with Crippen LogP contribution in [0.15, 0.2) is 22.9 Å². The van der Waals surface area contributed by atoms with Crippen LogP contribution in [0.2, 0.25) is 0 Å². The third kappa shape index (κ3) is 2.53.